The fourth-order valence-electron chi connectivity index (χ4n) is 6.05. The van der Waals surface area contributed by atoms with E-state index in [9.17, 15) is 20.3 Å². The van der Waals surface area contributed by atoms with Crippen LogP contribution in [-0.2, 0) is 17.8 Å². The van der Waals surface area contributed by atoms with Gasteiger partial charge >= 0.3 is 5.97 Å². The molecule has 1 aliphatic carbocycles. The number of imidazole rings is 1. The van der Waals surface area contributed by atoms with Crippen LogP contribution < -0.4 is 4.90 Å². The van der Waals surface area contributed by atoms with E-state index in [0.717, 1.165) is 42.8 Å². The Labute approximate surface area is 285 Å². The number of piperazine rings is 1. The number of aromatic nitrogens is 3. The van der Waals surface area contributed by atoms with Crippen LogP contribution in [0.2, 0.25) is 10.0 Å². The van der Waals surface area contributed by atoms with Crippen LogP contribution >= 0.6 is 23.2 Å². The Morgan fingerprint density at radius 3 is 2.58 bits per heavy atom. The van der Waals surface area contributed by atoms with Gasteiger partial charge in [-0.15, -0.1) is 13.0 Å². The number of hydrogen-bond donors (Lipinski definition) is 2. The number of esters is 1. The van der Waals surface area contributed by atoms with Crippen molar-refractivity contribution in [3.8, 4) is 17.6 Å². The molecule has 2 aliphatic rings. The zero-order chi connectivity index (χ0) is 33.7. The Kier molecular flexibility index (Phi) is 11.3. The molecule has 0 bridgehead atoms. The second kappa shape index (κ2) is 15.2. The van der Waals surface area contributed by atoms with Crippen molar-refractivity contribution < 1.29 is 19.7 Å². The van der Waals surface area contributed by atoms with Gasteiger partial charge in [0.2, 0.25) is 0 Å². The second-order valence-electron chi connectivity index (χ2n) is 12.1. The zero-order valence-corrected chi connectivity index (χ0v) is 31.6. The summed E-state index contributed by atoms with van der Waals surface area (Å²) in [5, 5.41) is 30.9. The van der Waals surface area contributed by atoms with E-state index < -0.39 is 5.97 Å². The monoisotopic (exact) mass is 920 g/mol. The van der Waals surface area contributed by atoms with Crippen LogP contribution in [-0.4, -0.2) is 68.4 Å². The van der Waals surface area contributed by atoms with Gasteiger partial charge in [-0.2, -0.15) is 11.3 Å². The summed E-state index contributed by atoms with van der Waals surface area (Å²) >= 11 is 12.2. The Balaban J connectivity index is 0.000000452. The molecule has 0 spiro atoms. The van der Waals surface area contributed by atoms with Crippen molar-refractivity contribution in [2.45, 2.75) is 58.7 Å². The van der Waals surface area contributed by atoms with E-state index in [4.69, 9.17) is 32.9 Å². The number of phenols is 2. The molecule has 2 fully saturated rings. The molecule has 2 N–H and O–H groups in total. The molecule has 3 heterocycles. The molecular weight excluding hydrogens is 886 g/mol. The van der Waals surface area contributed by atoms with Gasteiger partial charge in [0.05, 0.1) is 41.5 Å². The summed E-state index contributed by atoms with van der Waals surface area (Å²) in [6.07, 6.45) is 6.89. The molecule has 6 rings (SSSR count). The van der Waals surface area contributed by atoms with Crippen LogP contribution in [0.4, 0.5) is 5.69 Å². The van der Waals surface area contributed by atoms with Crippen molar-refractivity contribution in [1.82, 2.24) is 19.4 Å². The number of para-hydroxylation sites is 1. The van der Waals surface area contributed by atoms with Gasteiger partial charge in [-0.1, -0.05) is 41.9 Å². The molecule has 1 atom stereocenters. The number of methoxy groups -OCH3 is 1. The van der Waals surface area contributed by atoms with Crippen molar-refractivity contribution in [2.75, 3.05) is 31.6 Å². The number of halogens is 2. The molecule has 2 aromatic carbocycles. The standard InChI is InChI=1S/C28H32ClN5O4.C7H7ClN.Cm/c1-3-19-15-33(21-5-4-6-23(35)26(21)36)12-11-32(19)16-24-31-25-20(29)13-18(27(37)38-2)14-22(25)34(24)17-28(7-8-28)9-10-30;1-2-7-4-3-6(8)5-9-7;/h4-6,13-14,19,35-36H,3,7-9,11-12,15-17H2,1-2H3;2-5H,1H3;/q;-1;. The number of carbonyl (C=O) groups is 1. The number of fused-ring (bicyclic) bond motifs is 1. The zero-order valence-electron chi connectivity index (χ0n) is 27.1. The Hall–Kier alpha value is -5.17. The van der Waals surface area contributed by atoms with Gasteiger partial charge < -0.3 is 24.4 Å². The number of anilines is 1. The van der Waals surface area contributed by atoms with E-state index in [1.807, 2.05) is 31.5 Å². The first-order valence-corrected chi connectivity index (χ1v) is 16.4. The summed E-state index contributed by atoms with van der Waals surface area (Å²) in [5.41, 5.74) is 3.28. The molecule has 1 unspecified atom stereocenters. The number of rotatable bonds is 9. The first-order valence-electron chi connectivity index (χ1n) is 15.7. The summed E-state index contributed by atoms with van der Waals surface area (Å²) in [5.74, 6) is 0.168. The number of carbonyl (C=O) groups excluding carboxylic acids is 1. The largest absolute Gasteiger partial charge is 0.504 e. The maximum absolute atomic E-state index is 12.3. The average Bonchev–Trinajstić information content (AvgIpc) is 3.76. The van der Waals surface area contributed by atoms with E-state index in [2.05, 4.69) is 32.3 Å². The van der Waals surface area contributed by atoms with E-state index in [1.165, 1.54) is 13.2 Å². The van der Waals surface area contributed by atoms with Crippen LogP contribution in [0.25, 0.3) is 11.0 Å². The minimum Gasteiger partial charge on any atom is -0.504 e. The van der Waals surface area contributed by atoms with Crippen LogP contribution in [0, 0.1) is 23.2 Å². The molecule has 2 aromatic heterocycles. The van der Waals surface area contributed by atoms with Crippen molar-refractivity contribution in [1.29, 1.82) is 5.26 Å². The number of benzene rings is 2. The summed E-state index contributed by atoms with van der Waals surface area (Å²) in [4.78, 5) is 25.8. The fourth-order valence-corrected chi connectivity index (χ4v) is 6.42. The quantitative estimate of drug-likeness (QED) is 0.104. The topological polar surface area (TPSA) is 128 Å². The molecule has 0 amide bonds. The van der Waals surface area contributed by atoms with E-state index in [0.29, 0.717) is 59.4 Å². The van der Waals surface area contributed by atoms with Gasteiger partial charge in [0.1, 0.15) is 11.3 Å². The average molecular weight is 926 g/mol. The fraction of sp³-hybridized carbons (Fsp3) is 0.400. The first kappa shape index (κ1) is 35.7. The van der Waals surface area contributed by atoms with E-state index >= 15 is 0 Å². The minimum absolute atomic E-state index is 0. The molecule has 256 valence electrons. The Bertz CT molecular complexity index is 1770. The molecular formula is C35H39Cl2CmN6O4-. The molecule has 48 heavy (non-hydrogen) atoms. The van der Waals surface area contributed by atoms with Gasteiger partial charge in [-0.05, 0) is 43.5 Å². The molecule has 10 nitrogen and oxygen atoms in total. The Morgan fingerprint density at radius 2 is 1.96 bits per heavy atom. The summed E-state index contributed by atoms with van der Waals surface area (Å²) in [6, 6.07) is 14.6. The van der Waals surface area contributed by atoms with E-state index in [1.54, 1.807) is 24.4 Å². The third-order valence-electron chi connectivity index (χ3n) is 9.01. The molecule has 1 aliphatic heterocycles. The predicted molar refractivity (Wildman–Crippen MR) is 183 cm³/mol. The van der Waals surface area contributed by atoms with Crippen LogP contribution in [0.1, 0.15) is 61.4 Å². The molecule has 0 radical (unpaired) electrons. The van der Waals surface area contributed by atoms with Crippen LogP contribution in [0.15, 0.2) is 48.7 Å². The SMILES string of the molecule is CCC1CN(c2cccc(O)c2O)CCN1Cc1nc2c(Cl)cc(C(=O)OC)cc2n1CC1(CC#N)CC1.C[CH-]c1ccc(Cl)cn1.[Cm]. The first-order chi connectivity index (χ1) is 22.6. The van der Waals surface area contributed by atoms with Crippen molar-refractivity contribution in [3.63, 3.8) is 0 Å². The number of aromatic hydroxyl groups is 2. The number of pyridine rings is 1. The van der Waals surface area contributed by atoms with Crippen LogP contribution in [0.3, 0.4) is 0 Å². The van der Waals surface area contributed by atoms with Gasteiger partial charge in [-0.25, -0.2) is 16.2 Å². The minimum atomic E-state index is -0.460. The molecule has 4 aromatic rings. The number of ether oxygens (including phenoxy) is 1. The van der Waals surface area contributed by atoms with Crippen molar-refractivity contribution in [2.24, 2.45) is 5.41 Å². The second-order valence-corrected chi connectivity index (χ2v) is 12.9. The van der Waals surface area contributed by atoms with Gasteiger partial charge in [0.15, 0.2) is 11.5 Å². The molecule has 1 saturated carbocycles. The van der Waals surface area contributed by atoms with Gasteiger partial charge in [0.25, 0.3) is 0 Å². The number of nitrogens with zero attached hydrogens (tertiary/aromatic N) is 6. The van der Waals surface area contributed by atoms with E-state index in [-0.39, 0.29) is 23.0 Å². The van der Waals surface area contributed by atoms with Crippen LogP contribution in [0.5, 0.6) is 11.5 Å². The summed E-state index contributed by atoms with van der Waals surface area (Å²) < 4.78 is 7.07. The maximum Gasteiger partial charge on any atom is 0.337 e. The van der Waals surface area contributed by atoms with Gasteiger partial charge in [-0.3, -0.25) is 9.88 Å². The summed E-state index contributed by atoms with van der Waals surface area (Å²) in [6.45, 7) is 7.41. The molecule has 1 saturated heterocycles. The third kappa shape index (κ3) is 7.68. The molecule has 13 heteroatoms. The normalized spacial score (nSPS) is 16.7. The summed E-state index contributed by atoms with van der Waals surface area (Å²) in [7, 11) is 1.34. The number of phenolic OH excluding ortho intramolecular Hbond substituents is 2. The third-order valence-corrected chi connectivity index (χ3v) is 9.52. The van der Waals surface area contributed by atoms with Crippen molar-refractivity contribution in [3.05, 3.63) is 82.2 Å². The maximum atomic E-state index is 12.3. The van der Waals surface area contributed by atoms with Gasteiger partial charge in [0, 0.05) is 55.3 Å². The number of nitriles is 1. The van der Waals surface area contributed by atoms with Crippen molar-refractivity contribution >= 4 is 45.9 Å². The Morgan fingerprint density at radius 1 is 1.19 bits per heavy atom. The smallest absolute Gasteiger partial charge is 0.337 e. The predicted octanol–water partition coefficient (Wildman–Crippen LogP) is 6.99. The number of hydrogen-bond acceptors (Lipinski definition) is 9.